The highest BCUT2D eigenvalue weighted by Gasteiger charge is 2.07. The molecule has 1 aromatic heterocycles. The second-order valence-corrected chi connectivity index (χ2v) is 4.84. The standard InChI is InChI=1S/C13H14BrN3O/c1-8-5-10(15)13(16-7-8)17-11-6-9(14)3-4-12(11)18-2/h3-7H,15H2,1-2H3,(H,16,17). The first-order valence-electron chi connectivity index (χ1n) is 5.43. The number of pyridine rings is 1. The largest absolute Gasteiger partial charge is 0.495 e. The Morgan fingerprint density at radius 2 is 2.11 bits per heavy atom. The molecule has 0 aliphatic carbocycles. The van der Waals surface area contributed by atoms with Crippen LogP contribution in [0.4, 0.5) is 17.2 Å². The van der Waals surface area contributed by atoms with Crippen molar-refractivity contribution in [3.63, 3.8) is 0 Å². The number of anilines is 3. The van der Waals surface area contributed by atoms with Crippen molar-refractivity contribution in [1.29, 1.82) is 0 Å². The molecule has 1 heterocycles. The van der Waals surface area contributed by atoms with Gasteiger partial charge in [-0.2, -0.15) is 0 Å². The molecule has 0 radical (unpaired) electrons. The van der Waals surface area contributed by atoms with Gasteiger partial charge in [-0.1, -0.05) is 15.9 Å². The van der Waals surface area contributed by atoms with Gasteiger partial charge < -0.3 is 15.8 Å². The molecular formula is C13H14BrN3O. The summed E-state index contributed by atoms with van der Waals surface area (Å²) in [5.41, 5.74) is 8.37. The van der Waals surface area contributed by atoms with Crippen LogP contribution >= 0.6 is 15.9 Å². The lowest BCUT2D eigenvalue weighted by atomic mass is 10.2. The Balaban J connectivity index is 2.36. The summed E-state index contributed by atoms with van der Waals surface area (Å²) in [6, 6.07) is 7.58. The average Bonchev–Trinajstić information content (AvgIpc) is 2.33. The van der Waals surface area contributed by atoms with Crippen LogP contribution in [0.15, 0.2) is 34.9 Å². The highest BCUT2D eigenvalue weighted by atomic mass is 79.9. The van der Waals surface area contributed by atoms with Gasteiger partial charge in [0, 0.05) is 10.7 Å². The Kier molecular flexibility index (Phi) is 3.72. The van der Waals surface area contributed by atoms with Crippen LogP contribution in [0, 0.1) is 6.92 Å². The van der Waals surface area contributed by atoms with E-state index in [0.717, 1.165) is 21.5 Å². The van der Waals surface area contributed by atoms with E-state index in [1.54, 1.807) is 13.3 Å². The van der Waals surface area contributed by atoms with Crippen LogP contribution in [0.1, 0.15) is 5.56 Å². The zero-order valence-electron chi connectivity index (χ0n) is 10.2. The molecule has 2 rings (SSSR count). The Morgan fingerprint density at radius 1 is 1.33 bits per heavy atom. The average molecular weight is 308 g/mol. The van der Waals surface area contributed by atoms with Gasteiger partial charge in [-0.3, -0.25) is 0 Å². The van der Waals surface area contributed by atoms with Gasteiger partial charge in [-0.25, -0.2) is 4.98 Å². The van der Waals surface area contributed by atoms with Crippen molar-refractivity contribution in [2.24, 2.45) is 0 Å². The summed E-state index contributed by atoms with van der Waals surface area (Å²) in [4.78, 5) is 4.27. The third-order valence-electron chi connectivity index (χ3n) is 2.47. The molecule has 0 spiro atoms. The maximum Gasteiger partial charge on any atom is 0.153 e. The molecule has 0 aliphatic heterocycles. The summed E-state index contributed by atoms with van der Waals surface area (Å²) in [5.74, 6) is 1.36. The first-order chi connectivity index (χ1) is 8.60. The molecular weight excluding hydrogens is 294 g/mol. The molecule has 0 atom stereocenters. The Bertz CT molecular complexity index is 572. The minimum absolute atomic E-state index is 0.608. The number of methoxy groups -OCH3 is 1. The predicted molar refractivity (Wildman–Crippen MR) is 77.4 cm³/mol. The first kappa shape index (κ1) is 12.7. The van der Waals surface area contributed by atoms with Gasteiger partial charge in [0.1, 0.15) is 5.75 Å². The molecule has 4 nitrogen and oxygen atoms in total. The van der Waals surface area contributed by atoms with Gasteiger partial charge in [-0.15, -0.1) is 0 Å². The molecule has 2 aromatic rings. The lowest BCUT2D eigenvalue weighted by molar-refractivity contribution is 0.416. The molecule has 0 unspecified atom stereocenters. The number of halogens is 1. The molecule has 0 fully saturated rings. The van der Waals surface area contributed by atoms with Crippen LogP contribution in [-0.2, 0) is 0 Å². The maximum absolute atomic E-state index is 5.92. The van der Waals surface area contributed by atoms with Gasteiger partial charge in [0.05, 0.1) is 18.5 Å². The second kappa shape index (κ2) is 5.27. The van der Waals surface area contributed by atoms with Gasteiger partial charge in [0.25, 0.3) is 0 Å². The normalized spacial score (nSPS) is 10.2. The molecule has 5 heteroatoms. The Morgan fingerprint density at radius 3 is 2.78 bits per heavy atom. The van der Waals surface area contributed by atoms with Gasteiger partial charge in [0.15, 0.2) is 5.82 Å². The van der Waals surface area contributed by atoms with E-state index >= 15 is 0 Å². The molecule has 0 aliphatic rings. The predicted octanol–water partition coefficient (Wildman–Crippen LogP) is 3.49. The zero-order chi connectivity index (χ0) is 13.1. The van der Waals surface area contributed by atoms with E-state index in [1.807, 2.05) is 31.2 Å². The number of aryl methyl sites for hydroxylation is 1. The number of nitrogens with zero attached hydrogens (tertiary/aromatic N) is 1. The first-order valence-corrected chi connectivity index (χ1v) is 6.22. The van der Waals surface area contributed by atoms with Crippen molar-refractivity contribution in [1.82, 2.24) is 4.98 Å². The van der Waals surface area contributed by atoms with Gasteiger partial charge in [-0.05, 0) is 36.8 Å². The van der Waals surface area contributed by atoms with E-state index in [4.69, 9.17) is 10.5 Å². The molecule has 3 N–H and O–H groups in total. The van der Waals surface area contributed by atoms with Gasteiger partial charge >= 0.3 is 0 Å². The molecule has 0 saturated carbocycles. The molecule has 0 saturated heterocycles. The smallest absolute Gasteiger partial charge is 0.153 e. The monoisotopic (exact) mass is 307 g/mol. The lowest BCUT2D eigenvalue weighted by Gasteiger charge is -2.12. The molecule has 0 amide bonds. The van der Waals surface area contributed by atoms with E-state index < -0.39 is 0 Å². The fourth-order valence-electron chi connectivity index (χ4n) is 1.60. The zero-order valence-corrected chi connectivity index (χ0v) is 11.8. The van der Waals surface area contributed by atoms with Crippen LogP contribution < -0.4 is 15.8 Å². The van der Waals surface area contributed by atoms with Crippen LogP contribution in [0.2, 0.25) is 0 Å². The Hall–Kier alpha value is -1.75. The van der Waals surface area contributed by atoms with Crippen molar-refractivity contribution >= 4 is 33.1 Å². The summed E-state index contributed by atoms with van der Waals surface area (Å²) in [5, 5.41) is 3.17. The van der Waals surface area contributed by atoms with Crippen LogP contribution in [-0.4, -0.2) is 12.1 Å². The number of hydrogen-bond acceptors (Lipinski definition) is 4. The third-order valence-corrected chi connectivity index (χ3v) is 2.96. The quantitative estimate of drug-likeness (QED) is 0.911. The highest BCUT2D eigenvalue weighted by molar-refractivity contribution is 9.10. The fourth-order valence-corrected chi connectivity index (χ4v) is 1.96. The Labute approximate surface area is 114 Å². The topological polar surface area (TPSA) is 60.2 Å². The summed E-state index contributed by atoms with van der Waals surface area (Å²) in [6.45, 7) is 1.95. The fraction of sp³-hybridized carbons (Fsp3) is 0.154. The third kappa shape index (κ3) is 2.73. The summed E-state index contributed by atoms with van der Waals surface area (Å²) < 4.78 is 6.24. The van der Waals surface area contributed by atoms with Crippen molar-refractivity contribution < 1.29 is 4.74 Å². The van der Waals surface area contributed by atoms with Crippen molar-refractivity contribution in [3.05, 3.63) is 40.5 Å². The number of benzene rings is 1. The maximum atomic E-state index is 5.92. The van der Waals surface area contributed by atoms with Crippen molar-refractivity contribution in [2.75, 3.05) is 18.2 Å². The van der Waals surface area contributed by atoms with E-state index in [1.165, 1.54) is 0 Å². The number of ether oxygens (including phenoxy) is 1. The SMILES string of the molecule is COc1ccc(Br)cc1Nc1ncc(C)cc1N. The number of rotatable bonds is 3. The highest BCUT2D eigenvalue weighted by Crippen LogP contribution is 2.31. The minimum Gasteiger partial charge on any atom is -0.495 e. The second-order valence-electron chi connectivity index (χ2n) is 3.92. The molecule has 0 bridgehead atoms. The van der Waals surface area contributed by atoms with E-state index in [9.17, 15) is 0 Å². The van der Waals surface area contributed by atoms with Crippen molar-refractivity contribution in [2.45, 2.75) is 6.92 Å². The van der Waals surface area contributed by atoms with E-state index in [-0.39, 0.29) is 0 Å². The lowest BCUT2D eigenvalue weighted by Crippen LogP contribution is -2.01. The number of nitrogens with two attached hydrogens (primary N) is 1. The summed E-state index contributed by atoms with van der Waals surface area (Å²) >= 11 is 3.42. The molecule has 94 valence electrons. The number of aromatic nitrogens is 1. The van der Waals surface area contributed by atoms with Crippen molar-refractivity contribution in [3.8, 4) is 5.75 Å². The van der Waals surface area contributed by atoms with Crippen LogP contribution in [0.5, 0.6) is 5.75 Å². The van der Waals surface area contributed by atoms with E-state index in [2.05, 4.69) is 26.2 Å². The summed E-state index contributed by atoms with van der Waals surface area (Å²) in [6.07, 6.45) is 1.77. The van der Waals surface area contributed by atoms with Crippen LogP contribution in [0.3, 0.4) is 0 Å². The minimum atomic E-state index is 0.608. The molecule has 18 heavy (non-hydrogen) atoms. The van der Waals surface area contributed by atoms with Crippen LogP contribution in [0.25, 0.3) is 0 Å². The molecule has 1 aromatic carbocycles. The van der Waals surface area contributed by atoms with Gasteiger partial charge in [0.2, 0.25) is 0 Å². The van der Waals surface area contributed by atoms with E-state index in [0.29, 0.717) is 11.5 Å². The number of hydrogen-bond donors (Lipinski definition) is 2. The summed E-state index contributed by atoms with van der Waals surface area (Å²) in [7, 11) is 1.63. The number of nitrogen functional groups attached to an aromatic ring is 1. The number of nitrogens with one attached hydrogen (secondary N) is 1.